The van der Waals surface area contributed by atoms with Crippen LogP contribution in [0.5, 0.6) is 5.75 Å². The third kappa shape index (κ3) is 9.13. The van der Waals surface area contributed by atoms with Crippen molar-refractivity contribution in [2.24, 2.45) is 11.8 Å². The van der Waals surface area contributed by atoms with E-state index in [0.717, 1.165) is 6.07 Å². The van der Waals surface area contributed by atoms with Crippen LogP contribution >= 0.6 is 0 Å². The fourth-order valence-electron chi connectivity index (χ4n) is 2.14. The van der Waals surface area contributed by atoms with Crippen molar-refractivity contribution in [2.45, 2.75) is 32.6 Å². The molecule has 0 saturated carbocycles. The maximum absolute atomic E-state index is 13.5. The van der Waals surface area contributed by atoms with Crippen LogP contribution in [0, 0.1) is 30.6 Å². The van der Waals surface area contributed by atoms with Crippen molar-refractivity contribution >= 4 is 22.0 Å². The second-order valence-electron chi connectivity index (χ2n) is 6.53. The fraction of sp³-hybridized carbons (Fsp3) is 0.381. The number of benzene rings is 2. The SMILES string of the molecule is CC(C)C([C-]=O)CO.CCOc1c[c-]ccc1S(=O)(=O)Nc1ccc(C)c(F)c1.[K+]. The first-order valence-corrected chi connectivity index (χ1v) is 10.5. The Bertz CT molecular complexity index is 906. The molecule has 2 aromatic rings. The third-order valence-corrected chi connectivity index (χ3v) is 5.38. The van der Waals surface area contributed by atoms with Gasteiger partial charge in [0, 0.05) is 17.3 Å². The standard InChI is InChI=1S/C15H15FNO3S.C6H11O2.K/c1-3-20-14-6-4-5-7-15(14)21(18,19)17-12-9-8-11(2)13(16)10-12;1-5(2)6(3-7)4-8;/h5-10,17H,3H2,1-2H3;5-7H,3H2,1-2H3;/q2*-1;+1. The van der Waals surface area contributed by atoms with E-state index in [-0.39, 0.29) is 86.2 Å². The second kappa shape index (κ2) is 14.3. The van der Waals surface area contributed by atoms with Crippen molar-refractivity contribution in [3.05, 3.63) is 53.8 Å². The Labute approximate surface area is 220 Å². The Balaban J connectivity index is 0.000000801. The van der Waals surface area contributed by atoms with Crippen molar-refractivity contribution < 1.29 is 78.8 Å². The van der Waals surface area contributed by atoms with Gasteiger partial charge in [0.1, 0.15) is 5.82 Å². The van der Waals surface area contributed by atoms with Gasteiger partial charge in [0.2, 0.25) is 10.0 Å². The summed E-state index contributed by atoms with van der Waals surface area (Å²) in [6.07, 6.45) is 1.75. The Morgan fingerprint density at radius 2 is 1.97 bits per heavy atom. The predicted molar refractivity (Wildman–Crippen MR) is 109 cm³/mol. The first kappa shape index (κ1) is 29.2. The van der Waals surface area contributed by atoms with Crippen LogP contribution in [0.3, 0.4) is 0 Å². The Kier molecular flexibility index (Phi) is 13.9. The molecule has 9 heteroatoms. The number of hydrogen-bond donors (Lipinski definition) is 2. The average molecular weight is 463 g/mol. The van der Waals surface area contributed by atoms with Crippen LogP contribution in [0.25, 0.3) is 0 Å². The summed E-state index contributed by atoms with van der Waals surface area (Å²) < 4.78 is 45.8. The maximum atomic E-state index is 13.5. The van der Waals surface area contributed by atoms with E-state index in [9.17, 15) is 17.6 Å². The van der Waals surface area contributed by atoms with Gasteiger partial charge >= 0.3 is 51.4 Å². The van der Waals surface area contributed by atoms with Gasteiger partial charge in [0.15, 0.2) is 0 Å². The quantitative estimate of drug-likeness (QED) is 0.440. The van der Waals surface area contributed by atoms with Crippen LogP contribution in [0.1, 0.15) is 26.3 Å². The summed E-state index contributed by atoms with van der Waals surface area (Å²) in [6.45, 7) is 7.37. The molecule has 6 nitrogen and oxygen atoms in total. The Morgan fingerprint density at radius 1 is 1.30 bits per heavy atom. The van der Waals surface area contributed by atoms with Gasteiger partial charge in [-0.3, -0.25) is 11.0 Å². The normalized spacial score (nSPS) is 11.6. The van der Waals surface area contributed by atoms with Crippen LogP contribution in [-0.4, -0.2) is 33.0 Å². The smallest absolute Gasteiger partial charge is 0.550 e. The summed E-state index contributed by atoms with van der Waals surface area (Å²) in [7, 11) is -3.86. The zero-order valence-corrected chi connectivity index (χ0v) is 21.8. The number of aryl methyl sites for hydroxylation is 1. The molecule has 30 heavy (non-hydrogen) atoms. The van der Waals surface area contributed by atoms with Crippen LogP contribution in [0.4, 0.5) is 10.1 Å². The molecule has 0 aliphatic heterocycles. The molecule has 0 aliphatic carbocycles. The van der Waals surface area contributed by atoms with Crippen LogP contribution < -0.4 is 60.8 Å². The fourth-order valence-corrected chi connectivity index (χ4v) is 3.32. The van der Waals surface area contributed by atoms with E-state index < -0.39 is 15.8 Å². The van der Waals surface area contributed by atoms with E-state index in [1.54, 1.807) is 20.1 Å². The zero-order valence-electron chi connectivity index (χ0n) is 17.9. The molecule has 0 amide bonds. The Hall–Kier alpha value is -0.814. The zero-order chi connectivity index (χ0) is 22.0. The molecule has 0 aromatic heterocycles. The first-order chi connectivity index (χ1) is 13.7. The predicted octanol–water partition coefficient (Wildman–Crippen LogP) is 0.498. The largest absolute Gasteiger partial charge is 1.00 e. The average Bonchev–Trinajstić information content (AvgIpc) is 2.66. The topological polar surface area (TPSA) is 92.7 Å². The summed E-state index contributed by atoms with van der Waals surface area (Å²) in [6, 6.07) is 11.2. The van der Waals surface area contributed by atoms with Crippen molar-refractivity contribution in [3.8, 4) is 5.75 Å². The minimum Gasteiger partial charge on any atom is -0.550 e. The van der Waals surface area contributed by atoms with Crippen LogP contribution in [0.2, 0.25) is 0 Å². The van der Waals surface area contributed by atoms with Gasteiger partial charge in [-0.05, 0) is 31.5 Å². The number of anilines is 1. The first-order valence-electron chi connectivity index (χ1n) is 9.06. The molecule has 2 N–H and O–H groups in total. The summed E-state index contributed by atoms with van der Waals surface area (Å²) in [5.74, 6) is -0.353. The number of aliphatic hydroxyl groups is 1. The van der Waals surface area contributed by atoms with Gasteiger partial charge < -0.3 is 14.6 Å². The van der Waals surface area contributed by atoms with E-state index in [2.05, 4.69) is 10.8 Å². The second-order valence-corrected chi connectivity index (χ2v) is 8.18. The van der Waals surface area contributed by atoms with Crippen molar-refractivity contribution in [2.75, 3.05) is 17.9 Å². The summed E-state index contributed by atoms with van der Waals surface area (Å²) in [4.78, 5) is 9.88. The Morgan fingerprint density at radius 3 is 2.43 bits per heavy atom. The number of carbonyl (C=O) groups excluding carboxylic acids is 1. The van der Waals surface area contributed by atoms with Gasteiger partial charge in [-0.15, -0.1) is 18.1 Å². The molecule has 0 heterocycles. The van der Waals surface area contributed by atoms with Crippen molar-refractivity contribution in [1.29, 1.82) is 0 Å². The molecule has 0 bridgehead atoms. The number of ether oxygens (including phenoxy) is 1. The van der Waals surface area contributed by atoms with Gasteiger partial charge in [0.05, 0.1) is 12.3 Å². The molecule has 0 aliphatic rings. The minimum atomic E-state index is -3.86. The molecule has 2 aromatic carbocycles. The van der Waals surface area contributed by atoms with Crippen LogP contribution in [0.15, 0.2) is 41.3 Å². The van der Waals surface area contributed by atoms with Gasteiger partial charge in [0.25, 0.3) is 0 Å². The number of hydrogen-bond acceptors (Lipinski definition) is 5. The van der Waals surface area contributed by atoms with Gasteiger partial charge in [-0.25, -0.2) is 12.8 Å². The van der Waals surface area contributed by atoms with Gasteiger partial charge in [-0.2, -0.15) is 12.1 Å². The number of halogens is 1. The van der Waals surface area contributed by atoms with E-state index >= 15 is 0 Å². The maximum Gasteiger partial charge on any atom is 1.00 e. The monoisotopic (exact) mass is 462 g/mol. The van der Waals surface area contributed by atoms with Crippen molar-refractivity contribution in [1.82, 2.24) is 0 Å². The summed E-state index contributed by atoms with van der Waals surface area (Å²) in [5.41, 5.74) is 0.607. The molecule has 1 atom stereocenters. The molecule has 0 spiro atoms. The summed E-state index contributed by atoms with van der Waals surface area (Å²) in [5, 5.41) is 8.43. The molecule has 0 fully saturated rings. The summed E-state index contributed by atoms with van der Waals surface area (Å²) >= 11 is 0. The van der Waals surface area contributed by atoms with E-state index in [0.29, 0.717) is 12.2 Å². The minimum absolute atomic E-state index is 0. The molecular weight excluding hydrogens is 436 g/mol. The molecule has 1 unspecified atom stereocenters. The van der Waals surface area contributed by atoms with E-state index in [1.807, 2.05) is 13.8 Å². The van der Waals surface area contributed by atoms with E-state index in [1.165, 1.54) is 30.3 Å². The molecule has 0 saturated heterocycles. The molecular formula is C21H26FKNO5S-. The third-order valence-electron chi connectivity index (χ3n) is 3.95. The number of sulfonamides is 1. The number of rotatable bonds is 8. The van der Waals surface area contributed by atoms with E-state index in [4.69, 9.17) is 9.84 Å². The molecule has 160 valence electrons. The van der Waals surface area contributed by atoms with Gasteiger partial charge in [-0.1, -0.05) is 25.8 Å². The molecule has 2 rings (SSSR count). The molecule has 0 radical (unpaired) electrons. The number of aliphatic hydroxyl groups excluding tert-OH is 1. The van der Waals surface area contributed by atoms with Crippen LogP contribution in [-0.2, 0) is 14.8 Å². The number of nitrogens with one attached hydrogen (secondary N) is 1. The van der Waals surface area contributed by atoms with Crippen molar-refractivity contribution in [3.63, 3.8) is 0 Å².